The molecule has 3 nitrogen and oxygen atoms in total. The minimum absolute atomic E-state index is 0.444. The smallest absolute Gasteiger partial charge is 0.0471 e. The second kappa shape index (κ2) is 8.06. The normalized spacial score (nSPS) is 19.8. The van der Waals surface area contributed by atoms with Crippen LogP contribution in [-0.4, -0.2) is 39.0 Å². The summed E-state index contributed by atoms with van der Waals surface area (Å²) in [5, 5.41) is 3.60. The Labute approximate surface area is 106 Å². The minimum Gasteiger partial charge on any atom is -0.382 e. The molecule has 102 valence electrons. The Morgan fingerprint density at radius 3 is 2.59 bits per heavy atom. The fraction of sp³-hybridized carbons (Fsp3) is 1.00. The molecule has 1 aliphatic heterocycles. The van der Waals surface area contributed by atoms with Crippen LogP contribution in [0.3, 0.4) is 0 Å². The van der Waals surface area contributed by atoms with E-state index >= 15 is 0 Å². The van der Waals surface area contributed by atoms with Crippen LogP contribution in [0.2, 0.25) is 0 Å². The van der Waals surface area contributed by atoms with Crippen LogP contribution in [0.5, 0.6) is 0 Å². The highest BCUT2D eigenvalue weighted by Crippen LogP contribution is 2.34. The number of nitrogens with one attached hydrogen (secondary N) is 1. The Bertz CT molecular complexity index is 189. The Balaban J connectivity index is 2.35. The van der Waals surface area contributed by atoms with E-state index in [4.69, 9.17) is 9.47 Å². The molecule has 0 saturated carbocycles. The second-order valence-corrected chi connectivity index (χ2v) is 5.45. The molecule has 1 fully saturated rings. The van der Waals surface area contributed by atoms with Gasteiger partial charge in [0.05, 0.1) is 0 Å². The zero-order valence-corrected chi connectivity index (χ0v) is 11.8. The summed E-state index contributed by atoms with van der Waals surface area (Å²) in [6.07, 6.45) is 4.82. The lowest BCUT2D eigenvalue weighted by Gasteiger charge is -2.38. The van der Waals surface area contributed by atoms with Crippen LogP contribution in [0, 0.1) is 5.41 Å². The van der Waals surface area contributed by atoms with Gasteiger partial charge in [-0.05, 0) is 38.0 Å². The van der Waals surface area contributed by atoms with Crippen molar-refractivity contribution in [1.82, 2.24) is 5.32 Å². The van der Waals surface area contributed by atoms with E-state index < -0.39 is 0 Å². The molecule has 0 aromatic carbocycles. The van der Waals surface area contributed by atoms with Gasteiger partial charge in [-0.2, -0.15) is 0 Å². The topological polar surface area (TPSA) is 30.5 Å². The molecular formula is C14H29NO2. The van der Waals surface area contributed by atoms with Gasteiger partial charge in [-0.3, -0.25) is 0 Å². The Morgan fingerprint density at radius 1 is 1.29 bits per heavy atom. The van der Waals surface area contributed by atoms with Gasteiger partial charge in [0.15, 0.2) is 0 Å². The molecule has 0 radical (unpaired) electrons. The fourth-order valence-corrected chi connectivity index (χ4v) is 2.43. The summed E-state index contributed by atoms with van der Waals surface area (Å²) in [4.78, 5) is 0. The molecule has 1 aliphatic rings. The van der Waals surface area contributed by atoms with Crippen LogP contribution in [-0.2, 0) is 9.47 Å². The monoisotopic (exact) mass is 243 g/mol. The lowest BCUT2D eigenvalue weighted by atomic mass is 9.76. The van der Waals surface area contributed by atoms with E-state index in [0.29, 0.717) is 11.5 Å². The molecule has 17 heavy (non-hydrogen) atoms. The maximum Gasteiger partial charge on any atom is 0.0471 e. The van der Waals surface area contributed by atoms with Crippen LogP contribution < -0.4 is 5.32 Å². The zero-order chi connectivity index (χ0) is 12.6. The molecule has 1 saturated heterocycles. The first-order valence-corrected chi connectivity index (χ1v) is 7.07. The van der Waals surface area contributed by atoms with Crippen molar-refractivity contribution in [3.8, 4) is 0 Å². The Morgan fingerprint density at radius 2 is 2.00 bits per heavy atom. The van der Waals surface area contributed by atoms with Crippen LogP contribution in [0.15, 0.2) is 0 Å². The first-order valence-electron chi connectivity index (χ1n) is 7.07. The molecule has 0 amide bonds. The highest BCUT2D eigenvalue weighted by atomic mass is 16.5. The fourth-order valence-electron chi connectivity index (χ4n) is 2.43. The van der Waals surface area contributed by atoms with Crippen LogP contribution in [0.25, 0.3) is 0 Å². The number of hydrogen-bond acceptors (Lipinski definition) is 3. The number of hydrogen-bond donors (Lipinski definition) is 1. The molecule has 0 aromatic heterocycles. The first-order chi connectivity index (χ1) is 8.18. The molecule has 0 aromatic rings. The van der Waals surface area contributed by atoms with Crippen molar-refractivity contribution in [2.24, 2.45) is 5.41 Å². The van der Waals surface area contributed by atoms with E-state index in [1.54, 1.807) is 0 Å². The van der Waals surface area contributed by atoms with Crippen LogP contribution in [0.1, 0.15) is 46.5 Å². The second-order valence-electron chi connectivity index (χ2n) is 5.45. The molecule has 0 aliphatic carbocycles. The van der Waals surface area contributed by atoms with Crippen molar-refractivity contribution in [2.45, 2.75) is 52.5 Å². The Kier molecular flexibility index (Phi) is 7.09. The lowest BCUT2D eigenvalue weighted by molar-refractivity contribution is 0.00429. The molecule has 1 N–H and O–H groups in total. The van der Waals surface area contributed by atoms with E-state index in [-0.39, 0.29) is 0 Å². The largest absolute Gasteiger partial charge is 0.382 e. The average Bonchev–Trinajstić information content (AvgIpc) is 2.34. The number of rotatable bonds is 8. The maximum atomic E-state index is 5.50. The van der Waals surface area contributed by atoms with Crippen molar-refractivity contribution >= 4 is 0 Å². The molecule has 1 rings (SSSR count). The van der Waals surface area contributed by atoms with Gasteiger partial charge in [0, 0.05) is 39.0 Å². The average molecular weight is 243 g/mol. The quantitative estimate of drug-likeness (QED) is 0.665. The van der Waals surface area contributed by atoms with Crippen molar-refractivity contribution in [1.29, 1.82) is 0 Å². The summed E-state index contributed by atoms with van der Waals surface area (Å²) in [6.45, 7) is 11.2. The van der Waals surface area contributed by atoms with Crippen LogP contribution in [0.4, 0.5) is 0 Å². The van der Waals surface area contributed by atoms with Crippen LogP contribution >= 0.6 is 0 Å². The third-order valence-corrected chi connectivity index (χ3v) is 3.64. The summed E-state index contributed by atoms with van der Waals surface area (Å²) in [6, 6.07) is 0.571. The van der Waals surface area contributed by atoms with Gasteiger partial charge >= 0.3 is 0 Å². The summed E-state index contributed by atoms with van der Waals surface area (Å²) >= 11 is 0. The highest BCUT2D eigenvalue weighted by molar-refractivity contribution is 4.84. The van der Waals surface area contributed by atoms with Crippen molar-refractivity contribution in [2.75, 3.05) is 33.0 Å². The van der Waals surface area contributed by atoms with Gasteiger partial charge in [0.2, 0.25) is 0 Å². The standard InChI is InChI=1S/C14H29NO2/c1-4-16-9-5-6-14(12-15-13(2)3)7-10-17-11-8-14/h13,15H,4-12H2,1-3H3. The molecule has 0 atom stereocenters. The van der Waals surface area contributed by atoms with E-state index in [9.17, 15) is 0 Å². The van der Waals surface area contributed by atoms with E-state index in [1.165, 1.54) is 25.7 Å². The third-order valence-electron chi connectivity index (χ3n) is 3.64. The molecular weight excluding hydrogens is 214 g/mol. The van der Waals surface area contributed by atoms with E-state index in [0.717, 1.165) is 33.0 Å². The van der Waals surface area contributed by atoms with Gasteiger partial charge in [-0.25, -0.2) is 0 Å². The van der Waals surface area contributed by atoms with Gasteiger partial charge in [-0.1, -0.05) is 13.8 Å². The predicted octanol–water partition coefficient (Wildman–Crippen LogP) is 2.60. The molecule has 0 bridgehead atoms. The summed E-state index contributed by atoms with van der Waals surface area (Å²) < 4.78 is 10.9. The third kappa shape index (κ3) is 5.84. The first kappa shape index (κ1) is 14.9. The van der Waals surface area contributed by atoms with Gasteiger partial charge < -0.3 is 14.8 Å². The molecule has 1 heterocycles. The predicted molar refractivity (Wildman–Crippen MR) is 71.4 cm³/mol. The lowest BCUT2D eigenvalue weighted by Crippen LogP contribution is -2.41. The SMILES string of the molecule is CCOCCCC1(CNC(C)C)CCOCC1. The molecule has 0 unspecified atom stereocenters. The summed E-state index contributed by atoms with van der Waals surface area (Å²) in [7, 11) is 0. The van der Waals surface area contributed by atoms with E-state index in [1.807, 2.05) is 0 Å². The Hall–Kier alpha value is -0.120. The van der Waals surface area contributed by atoms with Gasteiger partial charge in [0.25, 0.3) is 0 Å². The summed E-state index contributed by atoms with van der Waals surface area (Å²) in [5.74, 6) is 0. The number of ether oxygens (including phenoxy) is 2. The van der Waals surface area contributed by atoms with E-state index in [2.05, 4.69) is 26.1 Å². The van der Waals surface area contributed by atoms with Crippen molar-refractivity contribution in [3.63, 3.8) is 0 Å². The molecule has 0 spiro atoms. The maximum absolute atomic E-state index is 5.50. The zero-order valence-electron chi connectivity index (χ0n) is 11.8. The van der Waals surface area contributed by atoms with Crippen molar-refractivity contribution < 1.29 is 9.47 Å². The van der Waals surface area contributed by atoms with Crippen molar-refractivity contribution in [3.05, 3.63) is 0 Å². The van der Waals surface area contributed by atoms with Gasteiger partial charge in [0.1, 0.15) is 0 Å². The van der Waals surface area contributed by atoms with Gasteiger partial charge in [-0.15, -0.1) is 0 Å². The molecule has 3 heteroatoms. The minimum atomic E-state index is 0.444. The highest BCUT2D eigenvalue weighted by Gasteiger charge is 2.31. The summed E-state index contributed by atoms with van der Waals surface area (Å²) in [5.41, 5.74) is 0.444.